The van der Waals surface area contributed by atoms with Gasteiger partial charge in [-0.2, -0.15) is 0 Å². The van der Waals surface area contributed by atoms with Gasteiger partial charge in [-0.3, -0.25) is 4.79 Å². The molecule has 0 bridgehead atoms. The Kier molecular flexibility index (Phi) is 11.9. The Balaban J connectivity index is 0.00000288. The van der Waals surface area contributed by atoms with E-state index >= 15 is 0 Å². The number of nitrogens with zero attached hydrogens (tertiary/aromatic N) is 1. The fourth-order valence-corrected chi connectivity index (χ4v) is 2.87. The number of piperidine rings is 1. The minimum atomic E-state index is -0.392. The number of carbonyl (C=O) groups is 1. The first kappa shape index (κ1) is 24.0. The first-order valence-corrected chi connectivity index (χ1v) is 8.58. The lowest BCUT2D eigenvalue weighted by Gasteiger charge is -2.33. The summed E-state index contributed by atoms with van der Waals surface area (Å²) in [4.78, 5) is 14.2. The maximum atomic E-state index is 12.3. The van der Waals surface area contributed by atoms with Gasteiger partial charge in [0.2, 0.25) is 5.91 Å². The second kappa shape index (κ2) is 12.4. The highest BCUT2D eigenvalue weighted by atomic mass is 35.5. The van der Waals surface area contributed by atoms with E-state index in [9.17, 15) is 4.79 Å². The van der Waals surface area contributed by atoms with Crippen molar-refractivity contribution < 1.29 is 9.53 Å². The Morgan fingerprint density at radius 1 is 1.20 bits per heavy atom. The molecule has 5 nitrogen and oxygen atoms in total. The number of halogens is 2. The summed E-state index contributed by atoms with van der Waals surface area (Å²) in [6, 6.07) is 7.71. The van der Waals surface area contributed by atoms with E-state index in [1.165, 1.54) is 5.56 Å². The zero-order chi connectivity index (χ0) is 16.7. The van der Waals surface area contributed by atoms with Crippen LogP contribution in [0.2, 0.25) is 0 Å². The molecule has 0 aliphatic carbocycles. The number of unbranched alkanes of at least 4 members (excludes halogenated alkanes) is 1. The molecular weight excluding hydrogens is 361 g/mol. The monoisotopic (exact) mass is 391 g/mol. The number of hydrogen-bond donors (Lipinski definition) is 2. The van der Waals surface area contributed by atoms with Gasteiger partial charge < -0.3 is 21.1 Å². The molecule has 1 saturated heterocycles. The number of likely N-dealkylation sites (tertiary alicyclic amines) is 1. The Morgan fingerprint density at radius 3 is 2.36 bits per heavy atom. The van der Waals surface area contributed by atoms with E-state index in [0.717, 1.165) is 50.9 Å². The molecule has 1 aromatic carbocycles. The third-order valence-corrected chi connectivity index (χ3v) is 4.36. The van der Waals surface area contributed by atoms with Crippen LogP contribution in [0.25, 0.3) is 0 Å². The predicted octanol–water partition coefficient (Wildman–Crippen LogP) is 2.66. The molecule has 1 fully saturated rings. The van der Waals surface area contributed by atoms with Crippen molar-refractivity contribution in [2.45, 2.75) is 51.2 Å². The van der Waals surface area contributed by atoms with Gasteiger partial charge >= 0.3 is 0 Å². The molecule has 4 N–H and O–H groups in total. The molecule has 0 saturated carbocycles. The largest absolute Gasteiger partial charge is 0.490 e. The highest BCUT2D eigenvalue weighted by Gasteiger charge is 2.26. The van der Waals surface area contributed by atoms with Gasteiger partial charge in [-0.15, -0.1) is 24.8 Å². The number of ether oxygens (including phenoxy) is 1. The van der Waals surface area contributed by atoms with Crippen molar-refractivity contribution in [1.29, 1.82) is 0 Å². The lowest BCUT2D eigenvalue weighted by molar-refractivity contribution is -0.134. The highest BCUT2D eigenvalue weighted by molar-refractivity contribution is 5.85. The fraction of sp³-hybridized carbons (Fsp3) is 0.611. The summed E-state index contributed by atoms with van der Waals surface area (Å²) in [5.41, 5.74) is 12.7. The van der Waals surface area contributed by atoms with Gasteiger partial charge in [0.05, 0.1) is 6.04 Å². The van der Waals surface area contributed by atoms with Crippen molar-refractivity contribution in [3.05, 3.63) is 29.8 Å². The van der Waals surface area contributed by atoms with Crippen molar-refractivity contribution in [2.75, 3.05) is 19.6 Å². The second-order valence-electron chi connectivity index (χ2n) is 6.35. The van der Waals surface area contributed by atoms with Crippen LogP contribution in [0.4, 0.5) is 0 Å². The summed E-state index contributed by atoms with van der Waals surface area (Å²) < 4.78 is 6.00. The Hall–Kier alpha value is -1.01. The Labute approximate surface area is 163 Å². The van der Waals surface area contributed by atoms with Gasteiger partial charge in [-0.05, 0) is 38.4 Å². The molecule has 1 heterocycles. The number of nitrogens with two attached hydrogens (primary N) is 2. The third-order valence-electron chi connectivity index (χ3n) is 4.36. The SMILES string of the molecule is Cc1ccc(OC2CCN(C(=O)[C@@H](N)CCCCN)CC2)cc1.Cl.Cl. The van der Waals surface area contributed by atoms with Crippen LogP contribution in [-0.2, 0) is 4.79 Å². The third kappa shape index (κ3) is 7.82. The van der Waals surface area contributed by atoms with E-state index in [2.05, 4.69) is 6.92 Å². The van der Waals surface area contributed by atoms with Crippen LogP contribution >= 0.6 is 24.8 Å². The van der Waals surface area contributed by atoms with Crippen molar-refractivity contribution in [1.82, 2.24) is 4.90 Å². The molecule has 0 unspecified atom stereocenters. The molecular formula is C18H31Cl2N3O2. The minimum absolute atomic E-state index is 0. The van der Waals surface area contributed by atoms with Crippen LogP contribution in [0.3, 0.4) is 0 Å². The smallest absolute Gasteiger partial charge is 0.239 e. The first-order chi connectivity index (χ1) is 11.1. The van der Waals surface area contributed by atoms with Gasteiger partial charge in [-0.1, -0.05) is 24.1 Å². The van der Waals surface area contributed by atoms with Crippen molar-refractivity contribution in [2.24, 2.45) is 11.5 Å². The molecule has 1 amide bonds. The van der Waals surface area contributed by atoms with E-state index in [1.807, 2.05) is 29.2 Å². The molecule has 7 heteroatoms. The molecule has 1 atom stereocenters. The summed E-state index contributed by atoms with van der Waals surface area (Å²) in [6.45, 7) is 4.16. The van der Waals surface area contributed by atoms with E-state index in [-0.39, 0.29) is 36.8 Å². The first-order valence-electron chi connectivity index (χ1n) is 8.58. The summed E-state index contributed by atoms with van der Waals surface area (Å²) in [5.74, 6) is 0.967. The topological polar surface area (TPSA) is 81.6 Å². The molecule has 1 aliphatic rings. The second-order valence-corrected chi connectivity index (χ2v) is 6.35. The molecule has 1 aromatic rings. The minimum Gasteiger partial charge on any atom is -0.490 e. The standard InChI is InChI=1S/C18H29N3O2.2ClH/c1-14-5-7-15(8-6-14)23-16-9-12-21(13-10-16)18(22)17(20)4-2-3-11-19;;/h5-8,16-17H,2-4,9-13,19-20H2,1H3;2*1H/t17-;;/m0../s1. The van der Waals surface area contributed by atoms with E-state index in [1.54, 1.807) is 0 Å². The van der Waals surface area contributed by atoms with Gasteiger partial charge in [0.25, 0.3) is 0 Å². The van der Waals surface area contributed by atoms with E-state index in [0.29, 0.717) is 6.54 Å². The van der Waals surface area contributed by atoms with Gasteiger partial charge in [0.15, 0.2) is 0 Å². The summed E-state index contributed by atoms with van der Waals surface area (Å²) in [7, 11) is 0. The maximum Gasteiger partial charge on any atom is 0.239 e. The molecule has 0 radical (unpaired) electrons. The Morgan fingerprint density at radius 2 is 1.80 bits per heavy atom. The summed E-state index contributed by atoms with van der Waals surface area (Å²) in [6.07, 6.45) is 4.44. The molecule has 25 heavy (non-hydrogen) atoms. The van der Waals surface area contributed by atoms with Crippen LogP contribution in [0.15, 0.2) is 24.3 Å². The van der Waals surface area contributed by atoms with Gasteiger partial charge in [0.1, 0.15) is 11.9 Å². The van der Waals surface area contributed by atoms with Crippen LogP contribution in [0, 0.1) is 6.92 Å². The number of rotatable bonds is 7. The Bertz CT molecular complexity index is 492. The summed E-state index contributed by atoms with van der Waals surface area (Å²) >= 11 is 0. The van der Waals surface area contributed by atoms with Crippen LogP contribution in [-0.4, -0.2) is 42.6 Å². The quantitative estimate of drug-likeness (QED) is 0.699. The van der Waals surface area contributed by atoms with Crippen molar-refractivity contribution >= 4 is 30.7 Å². The number of benzene rings is 1. The maximum absolute atomic E-state index is 12.3. The number of aryl methyl sites for hydroxylation is 1. The average Bonchev–Trinajstić information content (AvgIpc) is 2.57. The normalized spacial score (nSPS) is 15.7. The zero-order valence-corrected chi connectivity index (χ0v) is 16.5. The number of amides is 1. The lowest BCUT2D eigenvalue weighted by atomic mass is 10.0. The van der Waals surface area contributed by atoms with Gasteiger partial charge in [-0.25, -0.2) is 0 Å². The molecule has 0 spiro atoms. The lowest BCUT2D eigenvalue weighted by Crippen LogP contribution is -2.48. The van der Waals surface area contributed by atoms with Crippen LogP contribution < -0.4 is 16.2 Å². The van der Waals surface area contributed by atoms with Crippen molar-refractivity contribution in [3.63, 3.8) is 0 Å². The van der Waals surface area contributed by atoms with Crippen LogP contribution in [0.1, 0.15) is 37.7 Å². The van der Waals surface area contributed by atoms with Crippen molar-refractivity contribution in [3.8, 4) is 5.75 Å². The number of carbonyl (C=O) groups excluding carboxylic acids is 1. The molecule has 2 rings (SSSR count). The molecule has 0 aromatic heterocycles. The fourth-order valence-electron chi connectivity index (χ4n) is 2.87. The average molecular weight is 392 g/mol. The highest BCUT2D eigenvalue weighted by Crippen LogP contribution is 2.20. The van der Waals surface area contributed by atoms with Crippen LogP contribution in [0.5, 0.6) is 5.75 Å². The van der Waals surface area contributed by atoms with E-state index < -0.39 is 6.04 Å². The molecule has 1 aliphatic heterocycles. The zero-order valence-electron chi connectivity index (χ0n) is 14.9. The summed E-state index contributed by atoms with van der Waals surface area (Å²) in [5, 5.41) is 0. The van der Waals surface area contributed by atoms with E-state index in [4.69, 9.17) is 16.2 Å². The molecule has 144 valence electrons. The van der Waals surface area contributed by atoms with Gasteiger partial charge in [0, 0.05) is 25.9 Å². The number of hydrogen-bond acceptors (Lipinski definition) is 4. The predicted molar refractivity (Wildman–Crippen MR) is 107 cm³/mol.